The largest absolute Gasteiger partial charge is 0.490 e. The number of allylic oxidation sites excluding steroid dienone is 1. The van der Waals surface area contributed by atoms with Crippen molar-refractivity contribution in [3.63, 3.8) is 0 Å². The Morgan fingerprint density at radius 3 is 2.49 bits per heavy atom. The summed E-state index contributed by atoms with van der Waals surface area (Å²) in [5.74, 6) is -0.109. The lowest BCUT2D eigenvalue weighted by atomic mass is 9.95. The van der Waals surface area contributed by atoms with Crippen LogP contribution >= 0.6 is 0 Å². The standard InChI is InChI=1S/C30H30N6O11/c1-4-45-25-13-18(28-27(29(38)44-3)17(2)32-30(39)33-28)9-11-24(25)46-16-26(37)34-31-15-19-7-5-6-8-22(19)47-23-12-10-20(35(40)41)14-21(23)36(42)43/h5-15,26,28,34,37H,4,16H2,1-3H3,(H2,32,33,39)/b31-15-/t26-,28-/m0/s1. The van der Waals surface area contributed by atoms with Crippen LogP contribution in [0, 0.1) is 20.2 Å². The molecule has 1 heterocycles. The molecular weight excluding hydrogens is 620 g/mol. The highest BCUT2D eigenvalue weighted by Gasteiger charge is 2.32. The molecule has 0 spiro atoms. The van der Waals surface area contributed by atoms with Gasteiger partial charge in [0.25, 0.3) is 5.69 Å². The number of hydrogen-bond donors (Lipinski definition) is 4. The highest BCUT2D eigenvalue weighted by atomic mass is 16.6. The molecule has 0 saturated carbocycles. The molecule has 2 atom stereocenters. The SMILES string of the molecule is CCOc1cc([C@@H]2NC(=O)NC(C)=C2C(=O)OC)ccc1OC[C@H](O)N/N=C\c1ccccc1Oc1ccc([N+](=O)[O-])cc1[N+](=O)[O-]. The van der Waals surface area contributed by atoms with Crippen molar-refractivity contribution in [2.45, 2.75) is 26.1 Å². The minimum Gasteiger partial charge on any atom is -0.490 e. The first-order chi connectivity index (χ1) is 22.5. The number of hydrogen-bond acceptors (Lipinski definition) is 13. The van der Waals surface area contributed by atoms with Crippen LogP contribution in [0.5, 0.6) is 23.0 Å². The molecule has 3 aromatic carbocycles. The van der Waals surface area contributed by atoms with Gasteiger partial charge in [0.15, 0.2) is 17.7 Å². The molecule has 47 heavy (non-hydrogen) atoms. The number of benzene rings is 3. The van der Waals surface area contributed by atoms with Crippen LogP contribution in [0.25, 0.3) is 0 Å². The van der Waals surface area contributed by atoms with Crippen LogP contribution in [0.2, 0.25) is 0 Å². The highest BCUT2D eigenvalue weighted by Crippen LogP contribution is 2.36. The number of nitro benzene ring substituents is 2. The van der Waals surface area contributed by atoms with E-state index < -0.39 is 45.5 Å². The number of hydrazone groups is 1. The summed E-state index contributed by atoms with van der Waals surface area (Å²) in [6, 6.07) is 12.9. The number of amides is 2. The fourth-order valence-corrected chi connectivity index (χ4v) is 4.46. The van der Waals surface area contributed by atoms with Crippen molar-refractivity contribution in [2.75, 3.05) is 20.3 Å². The van der Waals surface area contributed by atoms with Gasteiger partial charge in [-0.05, 0) is 49.7 Å². The van der Waals surface area contributed by atoms with Crippen molar-refractivity contribution in [2.24, 2.45) is 5.10 Å². The summed E-state index contributed by atoms with van der Waals surface area (Å²) in [6.07, 6.45) is 0.00206. The Hall–Kier alpha value is -6.23. The molecule has 17 nitrogen and oxygen atoms in total. The van der Waals surface area contributed by atoms with Crippen LogP contribution in [0.1, 0.15) is 31.0 Å². The summed E-state index contributed by atoms with van der Waals surface area (Å²) in [5, 5.41) is 42.2. The van der Waals surface area contributed by atoms with Gasteiger partial charge in [-0.3, -0.25) is 25.7 Å². The van der Waals surface area contributed by atoms with Gasteiger partial charge in [-0.2, -0.15) is 5.10 Å². The van der Waals surface area contributed by atoms with Gasteiger partial charge in [-0.1, -0.05) is 18.2 Å². The molecule has 4 rings (SSSR count). The van der Waals surface area contributed by atoms with E-state index in [2.05, 4.69) is 21.2 Å². The minimum atomic E-state index is -1.30. The molecule has 0 aromatic heterocycles. The summed E-state index contributed by atoms with van der Waals surface area (Å²) in [4.78, 5) is 45.6. The van der Waals surface area contributed by atoms with Crippen molar-refractivity contribution < 1.29 is 43.5 Å². The maximum atomic E-state index is 12.4. The molecule has 0 bridgehead atoms. The predicted octanol–water partition coefficient (Wildman–Crippen LogP) is 3.82. The molecule has 0 radical (unpaired) electrons. The second kappa shape index (κ2) is 15.2. The zero-order valence-corrected chi connectivity index (χ0v) is 25.3. The van der Waals surface area contributed by atoms with Crippen LogP contribution < -0.4 is 30.3 Å². The van der Waals surface area contributed by atoms with Crippen LogP contribution in [-0.2, 0) is 9.53 Å². The summed E-state index contributed by atoms with van der Waals surface area (Å²) >= 11 is 0. The number of nitro groups is 2. The van der Waals surface area contributed by atoms with Crippen molar-refractivity contribution in [3.05, 3.63) is 103 Å². The molecule has 17 heteroatoms. The lowest BCUT2D eigenvalue weighted by Gasteiger charge is -2.28. The number of nitrogens with zero attached hydrogens (tertiary/aromatic N) is 3. The lowest BCUT2D eigenvalue weighted by molar-refractivity contribution is -0.394. The van der Waals surface area contributed by atoms with Crippen LogP contribution in [-0.4, -0.2) is 59.7 Å². The molecule has 0 aliphatic carbocycles. The molecular formula is C30H30N6O11. The summed E-state index contributed by atoms with van der Waals surface area (Å²) in [5.41, 5.74) is 2.92. The summed E-state index contributed by atoms with van der Waals surface area (Å²) < 4.78 is 22.0. The van der Waals surface area contributed by atoms with Gasteiger partial charge < -0.3 is 34.7 Å². The zero-order valence-electron chi connectivity index (χ0n) is 25.3. The van der Waals surface area contributed by atoms with E-state index in [0.717, 1.165) is 18.2 Å². The number of nitrogens with one attached hydrogen (secondary N) is 3. The monoisotopic (exact) mass is 650 g/mol. The number of carbonyl (C=O) groups is 2. The number of non-ortho nitro benzene ring substituents is 1. The van der Waals surface area contributed by atoms with E-state index in [1.165, 1.54) is 19.4 Å². The smallest absolute Gasteiger partial charge is 0.337 e. The van der Waals surface area contributed by atoms with Gasteiger partial charge in [0.2, 0.25) is 5.75 Å². The van der Waals surface area contributed by atoms with Gasteiger partial charge >= 0.3 is 17.7 Å². The average Bonchev–Trinajstić information content (AvgIpc) is 3.04. The number of rotatable bonds is 14. The number of para-hydroxylation sites is 1. The lowest BCUT2D eigenvalue weighted by Crippen LogP contribution is -2.45. The summed E-state index contributed by atoms with van der Waals surface area (Å²) in [6.45, 7) is 3.35. The minimum absolute atomic E-state index is 0.160. The number of aliphatic hydroxyl groups is 1. The molecule has 0 unspecified atom stereocenters. The highest BCUT2D eigenvalue weighted by molar-refractivity contribution is 5.95. The Morgan fingerprint density at radius 1 is 1.04 bits per heavy atom. The Bertz CT molecular complexity index is 1740. The molecule has 2 amide bonds. The maximum Gasteiger partial charge on any atom is 0.337 e. The normalized spacial score (nSPS) is 14.9. The van der Waals surface area contributed by atoms with Crippen LogP contribution in [0.3, 0.4) is 0 Å². The average molecular weight is 651 g/mol. The number of esters is 1. The van der Waals surface area contributed by atoms with E-state index >= 15 is 0 Å². The van der Waals surface area contributed by atoms with E-state index in [1.807, 2.05) is 0 Å². The van der Waals surface area contributed by atoms with Crippen LogP contribution in [0.4, 0.5) is 16.2 Å². The molecule has 0 saturated heterocycles. The molecule has 0 fully saturated rings. The van der Waals surface area contributed by atoms with Crippen molar-refractivity contribution in [3.8, 4) is 23.0 Å². The Kier molecular flexibility index (Phi) is 10.9. The Labute approximate surface area is 267 Å². The fraction of sp³-hybridized carbons (Fsp3) is 0.233. The third-order valence-corrected chi connectivity index (χ3v) is 6.59. The van der Waals surface area contributed by atoms with E-state index in [9.17, 15) is 34.9 Å². The second-order valence-electron chi connectivity index (χ2n) is 9.72. The Balaban J connectivity index is 1.44. The van der Waals surface area contributed by atoms with Crippen molar-refractivity contribution >= 4 is 29.6 Å². The fourth-order valence-electron chi connectivity index (χ4n) is 4.46. The second-order valence-corrected chi connectivity index (χ2v) is 9.72. The molecule has 4 N–H and O–H groups in total. The number of carbonyl (C=O) groups excluding carboxylic acids is 2. The van der Waals surface area contributed by atoms with E-state index in [4.69, 9.17) is 18.9 Å². The van der Waals surface area contributed by atoms with Crippen molar-refractivity contribution in [1.29, 1.82) is 0 Å². The third kappa shape index (κ3) is 8.28. The first-order valence-electron chi connectivity index (χ1n) is 13.9. The van der Waals surface area contributed by atoms with E-state index in [0.29, 0.717) is 22.6 Å². The number of methoxy groups -OCH3 is 1. The topological polar surface area (TPSA) is 226 Å². The van der Waals surface area contributed by atoms with E-state index in [1.54, 1.807) is 50.2 Å². The third-order valence-electron chi connectivity index (χ3n) is 6.59. The van der Waals surface area contributed by atoms with Gasteiger partial charge in [-0.25, -0.2) is 9.59 Å². The maximum absolute atomic E-state index is 12.4. The number of ether oxygens (including phenoxy) is 4. The predicted molar refractivity (Wildman–Crippen MR) is 165 cm³/mol. The zero-order chi connectivity index (χ0) is 34.1. The first kappa shape index (κ1) is 33.7. The summed E-state index contributed by atoms with van der Waals surface area (Å²) in [7, 11) is 1.24. The molecule has 1 aliphatic heterocycles. The van der Waals surface area contributed by atoms with Crippen molar-refractivity contribution in [1.82, 2.24) is 16.1 Å². The first-order valence-corrected chi connectivity index (χ1v) is 13.9. The van der Waals surface area contributed by atoms with Gasteiger partial charge in [0.05, 0.1) is 47.5 Å². The number of aliphatic hydroxyl groups excluding tert-OH is 1. The van der Waals surface area contributed by atoms with Gasteiger partial charge in [0, 0.05) is 17.3 Å². The van der Waals surface area contributed by atoms with E-state index in [-0.39, 0.29) is 36.0 Å². The quantitative estimate of drug-likeness (QED) is 0.0642. The van der Waals surface area contributed by atoms with Gasteiger partial charge in [0.1, 0.15) is 12.4 Å². The van der Waals surface area contributed by atoms with Crippen LogP contribution in [0.15, 0.2) is 77.0 Å². The molecule has 246 valence electrons. The molecule has 1 aliphatic rings. The van der Waals surface area contributed by atoms with Gasteiger partial charge in [-0.15, -0.1) is 0 Å². The number of urea groups is 1. The Morgan fingerprint density at radius 2 is 1.79 bits per heavy atom. The molecule has 3 aromatic rings.